The Balaban J connectivity index is 2.07. The molecule has 1 fully saturated rings. The first-order chi connectivity index (χ1) is 6.25. The van der Waals surface area contributed by atoms with Crippen LogP contribution in [0.2, 0.25) is 10.2 Å². The molecule has 0 spiro atoms. The molecular formula is C8H9Cl2N3. The molecule has 0 bridgehead atoms. The number of hydrogen-bond acceptors (Lipinski definition) is 3. The van der Waals surface area contributed by atoms with Crippen LogP contribution in [0.1, 0.15) is 19.3 Å². The van der Waals surface area contributed by atoms with Crippen LogP contribution in [0.15, 0.2) is 6.20 Å². The first-order valence-electron chi connectivity index (χ1n) is 4.20. The Morgan fingerprint density at radius 1 is 1.38 bits per heavy atom. The molecule has 1 heterocycles. The van der Waals surface area contributed by atoms with Gasteiger partial charge in [-0.3, -0.25) is 0 Å². The minimum absolute atomic E-state index is 0.304. The monoisotopic (exact) mass is 217 g/mol. The lowest BCUT2D eigenvalue weighted by atomic mass is 9.93. The van der Waals surface area contributed by atoms with Gasteiger partial charge in [0.2, 0.25) is 5.95 Å². The smallest absolute Gasteiger partial charge is 0.224 e. The third kappa shape index (κ3) is 2.03. The van der Waals surface area contributed by atoms with Gasteiger partial charge in [-0.05, 0) is 19.3 Å². The van der Waals surface area contributed by atoms with Crippen molar-refractivity contribution in [3.8, 4) is 0 Å². The molecular weight excluding hydrogens is 209 g/mol. The van der Waals surface area contributed by atoms with Gasteiger partial charge in [-0.15, -0.1) is 0 Å². The second-order valence-corrected chi connectivity index (χ2v) is 3.87. The number of anilines is 1. The van der Waals surface area contributed by atoms with Crippen molar-refractivity contribution >= 4 is 29.2 Å². The molecule has 1 N–H and O–H groups in total. The van der Waals surface area contributed by atoms with E-state index in [0.717, 1.165) is 0 Å². The zero-order chi connectivity index (χ0) is 9.26. The highest BCUT2D eigenvalue weighted by Crippen LogP contribution is 2.23. The molecule has 0 aliphatic heterocycles. The summed E-state index contributed by atoms with van der Waals surface area (Å²) in [7, 11) is 0. The van der Waals surface area contributed by atoms with Gasteiger partial charge in [-0.2, -0.15) is 4.98 Å². The normalized spacial score (nSPS) is 16.8. The van der Waals surface area contributed by atoms with Crippen molar-refractivity contribution in [1.82, 2.24) is 9.97 Å². The van der Waals surface area contributed by atoms with Crippen LogP contribution in [-0.4, -0.2) is 16.0 Å². The summed E-state index contributed by atoms with van der Waals surface area (Å²) in [6.45, 7) is 0. The summed E-state index contributed by atoms with van der Waals surface area (Å²) in [5.74, 6) is 0.569. The molecule has 1 aromatic heterocycles. The van der Waals surface area contributed by atoms with Crippen molar-refractivity contribution in [2.45, 2.75) is 25.3 Å². The van der Waals surface area contributed by atoms with Gasteiger partial charge < -0.3 is 5.32 Å². The number of hydrogen-bond donors (Lipinski definition) is 1. The third-order valence-corrected chi connectivity index (χ3v) is 2.80. The number of rotatable bonds is 2. The maximum absolute atomic E-state index is 5.74. The molecule has 5 heteroatoms. The van der Waals surface area contributed by atoms with Crippen LogP contribution in [-0.2, 0) is 0 Å². The van der Waals surface area contributed by atoms with Gasteiger partial charge in [-0.1, -0.05) is 23.2 Å². The topological polar surface area (TPSA) is 37.8 Å². The predicted octanol–water partition coefficient (Wildman–Crippen LogP) is 2.75. The molecule has 2 rings (SSSR count). The summed E-state index contributed by atoms with van der Waals surface area (Å²) in [5, 5.41) is 3.87. The van der Waals surface area contributed by atoms with Gasteiger partial charge in [0.15, 0.2) is 5.15 Å². The van der Waals surface area contributed by atoms with Crippen molar-refractivity contribution in [1.29, 1.82) is 0 Å². The molecule has 1 aromatic rings. The largest absolute Gasteiger partial charge is 0.351 e. The van der Waals surface area contributed by atoms with Crippen LogP contribution in [0.4, 0.5) is 5.95 Å². The van der Waals surface area contributed by atoms with Gasteiger partial charge in [0, 0.05) is 6.04 Å². The van der Waals surface area contributed by atoms with E-state index in [2.05, 4.69) is 15.3 Å². The van der Waals surface area contributed by atoms with Crippen LogP contribution in [0.5, 0.6) is 0 Å². The van der Waals surface area contributed by atoms with Crippen LogP contribution < -0.4 is 5.32 Å². The zero-order valence-corrected chi connectivity index (χ0v) is 8.44. The quantitative estimate of drug-likeness (QED) is 0.775. The minimum atomic E-state index is 0.304. The molecule has 1 saturated carbocycles. The lowest BCUT2D eigenvalue weighted by Gasteiger charge is -2.26. The highest BCUT2D eigenvalue weighted by atomic mass is 35.5. The van der Waals surface area contributed by atoms with E-state index in [9.17, 15) is 0 Å². The molecule has 0 aromatic carbocycles. The SMILES string of the molecule is Clc1cnc(NC2CCC2)nc1Cl. The van der Waals surface area contributed by atoms with Crippen molar-refractivity contribution in [3.05, 3.63) is 16.4 Å². The van der Waals surface area contributed by atoms with E-state index in [0.29, 0.717) is 22.2 Å². The van der Waals surface area contributed by atoms with Gasteiger partial charge in [-0.25, -0.2) is 4.98 Å². The summed E-state index contributed by atoms with van der Waals surface area (Å²) < 4.78 is 0. The minimum Gasteiger partial charge on any atom is -0.351 e. The first kappa shape index (κ1) is 9.03. The molecule has 1 aliphatic rings. The third-order valence-electron chi connectivity index (χ3n) is 2.14. The Labute approximate surface area is 86.5 Å². The van der Waals surface area contributed by atoms with Crippen molar-refractivity contribution in [2.75, 3.05) is 5.32 Å². The number of aromatic nitrogens is 2. The van der Waals surface area contributed by atoms with Crippen LogP contribution in [0, 0.1) is 0 Å². The average Bonchev–Trinajstić information content (AvgIpc) is 2.04. The van der Waals surface area contributed by atoms with Crippen molar-refractivity contribution < 1.29 is 0 Å². The lowest BCUT2D eigenvalue weighted by molar-refractivity contribution is 0.443. The number of halogens is 2. The first-order valence-corrected chi connectivity index (χ1v) is 4.96. The molecule has 1 aliphatic carbocycles. The van der Waals surface area contributed by atoms with Crippen molar-refractivity contribution in [3.63, 3.8) is 0 Å². The second kappa shape index (κ2) is 3.68. The standard InChI is InChI=1S/C8H9Cl2N3/c9-6-4-11-8(13-7(6)10)12-5-2-1-3-5/h4-5H,1-3H2,(H,11,12,13). The molecule has 0 atom stereocenters. The van der Waals surface area contributed by atoms with Gasteiger partial charge in [0.25, 0.3) is 0 Å². The van der Waals surface area contributed by atoms with E-state index in [1.54, 1.807) is 0 Å². The lowest BCUT2D eigenvalue weighted by Crippen LogP contribution is -2.27. The van der Waals surface area contributed by atoms with Crippen LogP contribution in [0.3, 0.4) is 0 Å². The highest BCUT2D eigenvalue weighted by molar-refractivity contribution is 6.41. The van der Waals surface area contributed by atoms with Crippen molar-refractivity contribution in [2.24, 2.45) is 0 Å². The summed E-state index contributed by atoms with van der Waals surface area (Å²) in [5.41, 5.74) is 0. The summed E-state index contributed by atoms with van der Waals surface area (Å²) >= 11 is 11.4. The Bertz CT molecular complexity index is 312. The molecule has 13 heavy (non-hydrogen) atoms. The van der Waals surface area contributed by atoms with Gasteiger partial charge in [0.05, 0.1) is 11.2 Å². The maximum atomic E-state index is 5.74. The van der Waals surface area contributed by atoms with Crippen LogP contribution >= 0.6 is 23.2 Å². The second-order valence-electron chi connectivity index (χ2n) is 3.10. The fourth-order valence-electron chi connectivity index (χ4n) is 1.15. The Hall–Kier alpha value is -0.540. The van der Waals surface area contributed by atoms with E-state index < -0.39 is 0 Å². The average molecular weight is 218 g/mol. The molecule has 0 radical (unpaired) electrons. The Morgan fingerprint density at radius 2 is 2.15 bits per heavy atom. The fourth-order valence-corrected chi connectivity index (χ4v) is 1.37. The van der Waals surface area contributed by atoms with E-state index in [-0.39, 0.29) is 0 Å². The summed E-state index contributed by atoms with van der Waals surface area (Å²) in [4.78, 5) is 8.03. The molecule has 0 saturated heterocycles. The molecule has 3 nitrogen and oxygen atoms in total. The van der Waals surface area contributed by atoms with E-state index in [1.165, 1.54) is 25.5 Å². The van der Waals surface area contributed by atoms with Crippen LogP contribution in [0.25, 0.3) is 0 Å². The van der Waals surface area contributed by atoms with E-state index in [4.69, 9.17) is 23.2 Å². The zero-order valence-electron chi connectivity index (χ0n) is 6.93. The molecule has 0 unspecified atom stereocenters. The molecule has 0 amide bonds. The molecule has 70 valence electrons. The Kier molecular flexibility index (Phi) is 2.56. The highest BCUT2D eigenvalue weighted by Gasteiger charge is 2.18. The summed E-state index contributed by atoms with van der Waals surface area (Å²) in [6.07, 6.45) is 5.16. The van der Waals surface area contributed by atoms with Gasteiger partial charge in [0.1, 0.15) is 0 Å². The number of nitrogens with zero attached hydrogens (tertiary/aromatic N) is 2. The maximum Gasteiger partial charge on any atom is 0.224 e. The van der Waals surface area contributed by atoms with Gasteiger partial charge >= 0.3 is 0 Å². The Morgan fingerprint density at radius 3 is 2.69 bits per heavy atom. The number of nitrogens with one attached hydrogen (secondary N) is 1. The van der Waals surface area contributed by atoms with E-state index >= 15 is 0 Å². The predicted molar refractivity (Wildman–Crippen MR) is 53.3 cm³/mol. The summed E-state index contributed by atoms with van der Waals surface area (Å²) in [6, 6.07) is 0.511. The fraction of sp³-hybridized carbons (Fsp3) is 0.500. The van der Waals surface area contributed by atoms with E-state index in [1.807, 2.05) is 0 Å².